The third-order valence-electron chi connectivity index (χ3n) is 13.0. The van der Waals surface area contributed by atoms with Crippen LogP contribution in [0.5, 0.6) is 5.75 Å². The van der Waals surface area contributed by atoms with Crippen LogP contribution < -0.4 is 19.9 Å². The lowest BCUT2D eigenvalue weighted by atomic mass is 9.87. The Morgan fingerprint density at radius 2 is 1.56 bits per heavy atom. The number of amides is 3. The molecule has 1 unspecified atom stereocenters. The van der Waals surface area contributed by atoms with Crippen molar-refractivity contribution in [2.24, 2.45) is 0 Å². The molecule has 312 valence electrons. The lowest BCUT2D eigenvalue weighted by molar-refractivity contribution is -0.138. The molecule has 5 aliphatic rings. The average molecular weight is 813 g/mol. The zero-order valence-electron chi connectivity index (χ0n) is 33.3. The van der Waals surface area contributed by atoms with E-state index < -0.39 is 23.7 Å². The molecular formula is C45H51F3N6O5. The topological polar surface area (TPSA) is 118 Å². The van der Waals surface area contributed by atoms with Gasteiger partial charge >= 0.3 is 6.18 Å². The molecule has 5 aliphatic heterocycles. The molecule has 14 heteroatoms. The van der Waals surface area contributed by atoms with Crippen molar-refractivity contribution in [1.29, 1.82) is 5.26 Å². The number of hydrogen-bond acceptors (Lipinski definition) is 9. The first-order valence-corrected chi connectivity index (χ1v) is 21.0. The van der Waals surface area contributed by atoms with E-state index >= 15 is 0 Å². The van der Waals surface area contributed by atoms with Gasteiger partial charge in [0.25, 0.3) is 5.91 Å². The van der Waals surface area contributed by atoms with Gasteiger partial charge in [0.1, 0.15) is 11.8 Å². The molecule has 11 nitrogen and oxygen atoms in total. The molecule has 3 aromatic rings. The van der Waals surface area contributed by atoms with Crippen molar-refractivity contribution >= 4 is 29.1 Å². The van der Waals surface area contributed by atoms with Crippen LogP contribution in [0.25, 0.3) is 0 Å². The Morgan fingerprint density at radius 3 is 2.29 bits per heavy atom. The average Bonchev–Trinajstić information content (AvgIpc) is 3.43. The van der Waals surface area contributed by atoms with E-state index in [2.05, 4.69) is 33.3 Å². The van der Waals surface area contributed by atoms with Crippen LogP contribution in [0.4, 0.5) is 24.5 Å². The molecule has 8 rings (SSSR count). The van der Waals surface area contributed by atoms with E-state index in [1.807, 2.05) is 29.2 Å². The number of halogens is 3. The molecule has 0 radical (unpaired) electrons. The van der Waals surface area contributed by atoms with Crippen LogP contribution in [0.1, 0.15) is 96.3 Å². The van der Waals surface area contributed by atoms with E-state index in [9.17, 15) is 27.6 Å². The maximum atomic E-state index is 13.5. The van der Waals surface area contributed by atoms with Gasteiger partial charge in [-0.15, -0.1) is 0 Å². The molecule has 4 fully saturated rings. The first-order valence-electron chi connectivity index (χ1n) is 21.0. The van der Waals surface area contributed by atoms with Crippen LogP contribution in [-0.2, 0) is 27.0 Å². The van der Waals surface area contributed by atoms with Gasteiger partial charge in [0.2, 0.25) is 11.8 Å². The van der Waals surface area contributed by atoms with Gasteiger partial charge in [-0.2, -0.15) is 18.4 Å². The highest BCUT2D eigenvalue weighted by molar-refractivity contribution is 6.05. The van der Waals surface area contributed by atoms with Gasteiger partial charge in [-0.05, 0) is 123 Å². The highest BCUT2D eigenvalue weighted by Crippen LogP contribution is 2.38. The molecule has 4 saturated heterocycles. The fraction of sp³-hybridized carbons (Fsp3) is 0.511. The smallest absolute Gasteiger partial charge is 0.417 e. The molecule has 3 aromatic carbocycles. The summed E-state index contributed by atoms with van der Waals surface area (Å²) in [5.74, 6) is 0.325. The second-order valence-electron chi connectivity index (χ2n) is 16.6. The van der Waals surface area contributed by atoms with E-state index in [1.165, 1.54) is 11.6 Å². The first kappa shape index (κ1) is 40.6. The molecule has 0 bridgehead atoms. The Hall–Kier alpha value is -5.13. The molecular weight excluding hydrogens is 762 g/mol. The Labute approximate surface area is 343 Å². The predicted octanol–water partition coefficient (Wildman–Crippen LogP) is 6.64. The Kier molecular flexibility index (Phi) is 11.9. The molecule has 0 saturated carbocycles. The first-order chi connectivity index (χ1) is 28.5. The number of piperidine rings is 3. The minimum atomic E-state index is -4.57. The third kappa shape index (κ3) is 9.06. The van der Waals surface area contributed by atoms with Crippen LogP contribution in [0.15, 0.2) is 60.7 Å². The van der Waals surface area contributed by atoms with Crippen molar-refractivity contribution < 1.29 is 37.0 Å². The van der Waals surface area contributed by atoms with Gasteiger partial charge < -0.3 is 29.1 Å². The lowest BCUT2D eigenvalue weighted by Crippen LogP contribution is -2.52. The van der Waals surface area contributed by atoms with Crippen molar-refractivity contribution in [2.45, 2.75) is 88.1 Å². The molecule has 3 amide bonds. The number of nitriles is 1. The highest BCUT2D eigenvalue weighted by Gasteiger charge is 2.41. The fourth-order valence-electron chi connectivity index (χ4n) is 9.48. The van der Waals surface area contributed by atoms with Crippen molar-refractivity contribution in [1.82, 2.24) is 15.1 Å². The molecule has 59 heavy (non-hydrogen) atoms. The molecule has 1 spiro atoms. The number of carbonyl (C=O) groups is 3. The van der Waals surface area contributed by atoms with Gasteiger partial charge in [-0.25, -0.2) is 0 Å². The number of unbranched alkanes of at least 4 members (excludes halogenated alkanes) is 1. The minimum absolute atomic E-state index is 0.127. The number of imide groups is 1. The lowest BCUT2D eigenvalue weighted by Gasteiger charge is -2.42. The van der Waals surface area contributed by atoms with Gasteiger partial charge in [0, 0.05) is 69.2 Å². The Balaban J connectivity index is 0.731. The van der Waals surface area contributed by atoms with Gasteiger partial charge in [0.05, 0.1) is 36.0 Å². The van der Waals surface area contributed by atoms with E-state index in [4.69, 9.17) is 14.7 Å². The maximum absolute atomic E-state index is 13.5. The van der Waals surface area contributed by atoms with Crippen LogP contribution in [0, 0.1) is 11.3 Å². The number of hydrogen-bond donors (Lipinski definition) is 1. The number of benzene rings is 3. The minimum Gasteiger partial charge on any atom is -0.494 e. The highest BCUT2D eigenvalue weighted by atomic mass is 19.4. The zero-order chi connectivity index (χ0) is 41.1. The van der Waals surface area contributed by atoms with Gasteiger partial charge in [0.15, 0.2) is 0 Å². The molecule has 1 atom stereocenters. The number of anilines is 2. The largest absolute Gasteiger partial charge is 0.494 e. The summed E-state index contributed by atoms with van der Waals surface area (Å²) in [5, 5.41) is 11.5. The summed E-state index contributed by atoms with van der Waals surface area (Å²) >= 11 is 0. The maximum Gasteiger partial charge on any atom is 0.417 e. The quantitative estimate of drug-likeness (QED) is 0.178. The van der Waals surface area contributed by atoms with Crippen LogP contribution >= 0.6 is 0 Å². The van der Waals surface area contributed by atoms with Gasteiger partial charge in [-0.3, -0.25) is 19.7 Å². The van der Waals surface area contributed by atoms with Gasteiger partial charge in [-0.1, -0.05) is 12.1 Å². The number of rotatable bonds is 10. The number of ether oxygens (including phenoxy) is 2. The summed E-state index contributed by atoms with van der Waals surface area (Å²) in [6, 6.07) is 19.2. The van der Waals surface area contributed by atoms with Crippen molar-refractivity contribution in [3.8, 4) is 11.8 Å². The summed E-state index contributed by atoms with van der Waals surface area (Å²) in [5.41, 5.74) is 2.99. The van der Waals surface area contributed by atoms with E-state index in [0.29, 0.717) is 56.4 Å². The van der Waals surface area contributed by atoms with E-state index in [-0.39, 0.29) is 29.4 Å². The molecule has 5 heterocycles. The molecule has 1 N–H and O–H groups in total. The predicted molar refractivity (Wildman–Crippen MR) is 215 cm³/mol. The third-order valence-corrected chi connectivity index (χ3v) is 13.0. The molecule has 0 aliphatic carbocycles. The van der Waals surface area contributed by atoms with Crippen molar-refractivity contribution in [3.63, 3.8) is 0 Å². The monoisotopic (exact) mass is 812 g/mol. The second kappa shape index (κ2) is 17.2. The number of nitrogens with zero attached hydrogens (tertiary/aromatic N) is 5. The Bertz CT molecular complexity index is 2070. The number of fused-ring (bicyclic) bond motifs is 1. The normalized spacial score (nSPS) is 21.6. The van der Waals surface area contributed by atoms with Crippen LogP contribution in [0.3, 0.4) is 0 Å². The number of carbonyl (C=O) groups excluding carboxylic acids is 3. The van der Waals surface area contributed by atoms with Crippen LogP contribution in [-0.4, -0.2) is 98.2 Å². The van der Waals surface area contributed by atoms with Crippen molar-refractivity contribution in [3.05, 3.63) is 88.5 Å². The summed E-state index contributed by atoms with van der Waals surface area (Å²) in [6.45, 7) is 7.67. The van der Waals surface area contributed by atoms with Crippen LogP contribution in [0.2, 0.25) is 0 Å². The Morgan fingerprint density at radius 1 is 0.847 bits per heavy atom. The SMILES string of the molecule is N#Cc1ccc(N2CCC(c3ccc(OCCCCN4CCOC5(CC4)CCN(c4ccc6c(c4)CN(C4CCC(=O)NC4=O)C6=O)CC5)cc3)CC2)cc1C(F)(F)F. The summed E-state index contributed by atoms with van der Waals surface area (Å²) in [7, 11) is 0. The number of alkyl halides is 3. The number of nitrogens with one attached hydrogen (secondary N) is 1. The molecule has 0 aromatic heterocycles. The van der Waals surface area contributed by atoms with E-state index in [1.54, 1.807) is 17.0 Å². The van der Waals surface area contributed by atoms with E-state index in [0.717, 1.165) is 101 Å². The zero-order valence-corrected chi connectivity index (χ0v) is 33.3. The summed E-state index contributed by atoms with van der Waals surface area (Å²) in [6.07, 6.45) is 2.55. The standard InChI is InChI=1S/C45H51F3N6O5/c46-45(47,48)39-28-36(6-3-33(39)29-49)52-19-13-32(14-20-52)31-4-8-37(9-5-31)58-25-2-1-18-51-21-15-44(59-26-24-51)16-22-53(23-17-44)35-7-10-38-34(27-35)30-54(43(38)57)40-11-12-41(55)50-42(40)56/h3-10,27-28,32,40H,1-2,11-26,30H2,(H,50,55,56). The van der Waals surface area contributed by atoms with Crippen molar-refractivity contribution in [2.75, 3.05) is 68.8 Å². The summed E-state index contributed by atoms with van der Waals surface area (Å²) < 4.78 is 53.1. The fourth-order valence-corrected chi connectivity index (χ4v) is 9.48. The second-order valence-corrected chi connectivity index (χ2v) is 16.6. The summed E-state index contributed by atoms with van der Waals surface area (Å²) in [4.78, 5) is 45.7.